The van der Waals surface area contributed by atoms with E-state index in [4.69, 9.17) is 12.2 Å². The van der Waals surface area contributed by atoms with Crippen molar-refractivity contribution in [1.29, 1.82) is 0 Å². The van der Waals surface area contributed by atoms with E-state index in [1.165, 1.54) is 0 Å². The molecule has 2 aromatic rings. The van der Waals surface area contributed by atoms with Crippen LogP contribution in [0.5, 0.6) is 0 Å². The highest BCUT2D eigenvalue weighted by Crippen LogP contribution is 2.03. The van der Waals surface area contributed by atoms with Gasteiger partial charge in [-0.1, -0.05) is 0 Å². The summed E-state index contributed by atoms with van der Waals surface area (Å²) in [5, 5.41) is 6.79. The van der Waals surface area contributed by atoms with Gasteiger partial charge in [-0.05, 0) is 42.0 Å². The molecule has 0 bridgehead atoms. The molecular weight excluding hydrogens is 232 g/mol. The molecule has 0 aliphatic heterocycles. The normalized spacial score (nSPS) is 9.65. The lowest BCUT2D eigenvalue weighted by molar-refractivity contribution is 0.921. The molecule has 0 aliphatic carbocycles. The molecule has 2 N–H and O–H groups in total. The average Bonchev–Trinajstić information content (AvgIpc) is 2.39. The van der Waals surface area contributed by atoms with Crippen molar-refractivity contribution in [3.05, 3.63) is 54.6 Å². The van der Waals surface area contributed by atoms with Gasteiger partial charge in [-0.2, -0.15) is 0 Å². The van der Waals surface area contributed by atoms with Gasteiger partial charge < -0.3 is 10.6 Å². The van der Waals surface area contributed by atoms with Crippen LogP contribution in [-0.4, -0.2) is 15.1 Å². The predicted molar refractivity (Wildman–Crippen MR) is 71.5 cm³/mol. The Kier molecular flexibility index (Phi) is 3.99. The fourth-order valence-corrected chi connectivity index (χ4v) is 1.48. The van der Waals surface area contributed by atoms with Gasteiger partial charge in [0.15, 0.2) is 5.11 Å². The smallest absolute Gasteiger partial charge is 0.171 e. The summed E-state index contributed by atoms with van der Waals surface area (Å²) in [6.07, 6.45) is 6.95. The van der Waals surface area contributed by atoms with Crippen LogP contribution in [0.1, 0.15) is 5.56 Å². The monoisotopic (exact) mass is 244 g/mol. The highest BCUT2D eigenvalue weighted by atomic mass is 32.1. The zero-order valence-electron chi connectivity index (χ0n) is 9.13. The first kappa shape index (κ1) is 11.5. The van der Waals surface area contributed by atoms with E-state index in [1.54, 1.807) is 24.8 Å². The van der Waals surface area contributed by atoms with Crippen LogP contribution in [0.4, 0.5) is 5.69 Å². The van der Waals surface area contributed by atoms with Gasteiger partial charge in [-0.3, -0.25) is 9.97 Å². The lowest BCUT2D eigenvalue weighted by atomic mass is 10.3. The first-order valence-corrected chi connectivity index (χ1v) is 5.59. The Morgan fingerprint density at radius 3 is 2.24 bits per heavy atom. The van der Waals surface area contributed by atoms with Gasteiger partial charge in [0.1, 0.15) is 0 Å². The Morgan fingerprint density at radius 1 is 1.00 bits per heavy atom. The Bertz CT molecular complexity index is 472. The van der Waals surface area contributed by atoms with Crippen LogP contribution in [0.15, 0.2) is 49.1 Å². The van der Waals surface area contributed by atoms with Crippen molar-refractivity contribution in [2.45, 2.75) is 6.54 Å². The molecule has 5 heteroatoms. The summed E-state index contributed by atoms with van der Waals surface area (Å²) in [4.78, 5) is 7.89. The van der Waals surface area contributed by atoms with Crippen molar-refractivity contribution in [3.8, 4) is 0 Å². The van der Waals surface area contributed by atoms with E-state index in [0.29, 0.717) is 11.7 Å². The predicted octanol–water partition coefficient (Wildman–Crippen LogP) is 1.96. The molecule has 86 valence electrons. The van der Waals surface area contributed by atoms with Crippen LogP contribution in [0.3, 0.4) is 0 Å². The van der Waals surface area contributed by atoms with Gasteiger partial charge in [-0.25, -0.2) is 0 Å². The minimum atomic E-state index is 0.591. The third-order valence-corrected chi connectivity index (χ3v) is 2.39. The van der Waals surface area contributed by atoms with Crippen LogP contribution in [-0.2, 0) is 6.54 Å². The minimum Gasteiger partial charge on any atom is -0.358 e. The molecule has 4 nitrogen and oxygen atoms in total. The van der Waals surface area contributed by atoms with Crippen LogP contribution < -0.4 is 10.6 Å². The highest BCUT2D eigenvalue weighted by molar-refractivity contribution is 7.80. The van der Waals surface area contributed by atoms with Gasteiger partial charge in [0.2, 0.25) is 0 Å². The van der Waals surface area contributed by atoms with E-state index in [2.05, 4.69) is 20.6 Å². The molecule has 2 aromatic heterocycles. The number of nitrogens with one attached hydrogen (secondary N) is 2. The third kappa shape index (κ3) is 3.81. The highest BCUT2D eigenvalue weighted by Gasteiger charge is 1.97. The SMILES string of the molecule is S=C(NCc1ccncc1)Nc1ccncc1. The second-order valence-corrected chi connectivity index (χ2v) is 3.81. The average molecular weight is 244 g/mol. The Balaban J connectivity index is 1.83. The topological polar surface area (TPSA) is 49.8 Å². The fourth-order valence-electron chi connectivity index (χ4n) is 1.29. The van der Waals surface area contributed by atoms with Crippen LogP contribution >= 0.6 is 12.2 Å². The molecule has 2 rings (SSSR count). The van der Waals surface area contributed by atoms with Crippen molar-refractivity contribution < 1.29 is 0 Å². The summed E-state index contributed by atoms with van der Waals surface area (Å²) in [7, 11) is 0. The maximum absolute atomic E-state index is 5.18. The number of hydrogen-bond donors (Lipinski definition) is 2. The second kappa shape index (κ2) is 5.91. The zero-order chi connectivity index (χ0) is 11.9. The molecule has 0 unspecified atom stereocenters. The van der Waals surface area contributed by atoms with E-state index < -0.39 is 0 Å². The molecular formula is C12H12N4S. The van der Waals surface area contributed by atoms with Crippen molar-refractivity contribution >= 4 is 23.0 Å². The number of aromatic nitrogens is 2. The molecule has 0 atom stereocenters. The summed E-state index contributed by atoms with van der Waals surface area (Å²) in [6.45, 7) is 0.680. The quantitative estimate of drug-likeness (QED) is 0.808. The van der Waals surface area contributed by atoms with Gasteiger partial charge in [0.05, 0.1) is 0 Å². The molecule has 0 spiro atoms. The molecule has 17 heavy (non-hydrogen) atoms. The Hall–Kier alpha value is -2.01. The molecule has 0 radical (unpaired) electrons. The summed E-state index contributed by atoms with van der Waals surface area (Å²) in [5.41, 5.74) is 2.06. The molecule has 0 saturated carbocycles. The number of nitrogens with zero attached hydrogens (tertiary/aromatic N) is 2. The summed E-state index contributed by atoms with van der Waals surface area (Å²) < 4.78 is 0. The molecule has 0 aliphatic rings. The summed E-state index contributed by atoms with van der Waals surface area (Å²) in [6, 6.07) is 7.62. The largest absolute Gasteiger partial charge is 0.358 e. The number of pyridine rings is 2. The second-order valence-electron chi connectivity index (χ2n) is 3.40. The lowest BCUT2D eigenvalue weighted by Crippen LogP contribution is -2.27. The Labute approximate surface area is 105 Å². The number of anilines is 1. The van der Waals surface area contributed by atoms with Crippen molar-refractivity contribution in [1.82, 2.24) is 15.3 Å². The number of hydrogen-bond acceptors (Lipinski definition) is 3. The standard InChI is InChI=1S/C12H12N4S/c17-12(16-11-3-7-14-8-4-11)15-9-10-1-5-13-6-2-10/h1-8H,9H2,(H2,14,15,16,17). The van der Waals surface area contributed by atoms with E-state index in [9.17, 15) is 0 Å². The maximum atomic E-state index is 5.18. The van der Waals surface area contributed by atoms with Gasteiger partial charge in [0.25, 0.3) is 0 Å². The van der Waals surface area contributed by atoms with E-state index >= 15 is 0 Å². The Morgan fingerprint density at radius 2 is 1.59 bits per heavy atom. The van der Waals surface area contributed by atoms with Gasteiger partial charge in [-0.15, -0.1) is 0 Å². The van der Waals surface area contributed by atoms with Crippen LogP contribution in [0, 0.1) is 0 Å². The molecule has 0 amide bonds. The fraction of sp³-hybridized carbons (Fsp3) is 0.0833. The van der Waals surface area contributed by atoms with Crippen molar-refractivity contribution in [2.75, 3.05) is 5.32 Å². The van der Waals surface area contributed by atoms with Gasteiger partial charge >= 0.3 is 0 Å². The molecule has 0 saturated heterocycles. The van der Waals surface area contributed by atoms with E-state index in [-0.39, 0.29) is 0 Å². The third-order valence-electron chi connectivity index (χ3n) is 2.14. The summed E-state index contributed by atoms with van der Waals surface area (Å²) in [5.74, 6) is 0. The maximum Gasteiger partial charge on any atom is 0.171 e. The van der Waals surface area contributed by atoms with Gasteiger partial charge in [0, 0.05) is 37.0 Å². The van der Waals surface area contributed by atoms with Crippen LogP contribution in [0.25, 0.3) is 0 Å². The van der Waals surface area contributed by atoms with E-state index in [0.717, 1.165) is 11.3 Å². The van der Waals surface area contributed by atoms with Crippen molar-refractivity contribution in [2.24, 2.45) is 0 Å². The number of thiocarbonyl (C=S) groups is 1. The molecule has 0 fully saturated rings. The van der Waals surface area contributed by atoms with Crippen molar-refractivity contribution in [3.63, 3.8) is 0 Å². The van der Waals surface area contributed by atoms with E-state index in [1.807, 2.05) is 24.3 Å². The first-order valence-electron chi connectivity index (χ1n) is 5.18. The molecule has 2 heterocycles. The number of rotatable bonds is 3. The van der Waals surface area contributed by atoms with Crippen LogP contribution in [0.2, 0.25) is 0 Å². The molecule has 0 aromatic carbocycles. The first-order chi connectivity index (χ1) is 8.34. The lowest BCUT2D eigenvalue weighted by Gasteiger charge is -2.09. The summed E-state index contributed by atoms with van der Waals surface area (Å²) >= 11 is 5.18. The zero-order valence-corrected chi connectivity index (χ0v) is 9.95. The minimum absolute atomic E-state index is 0.591.